The predicted molar refractivity (Wildman–Crippen MR) is 82.0 cm³/mol. The van der Waals surface area contributed by atoms with Crippen LogP contribution in [0.5, 0.6) is 11.5 Å². The molecule has 0 aliphatic carbocycles. The van der Waals surface area contributed by atoms with E-state index in [0.29, 0.717) is 25.9 Å². The van der Waals surface area contributed by atoms with Crippen LogP contribution in [0.25, 0.3) is 0 Å². The van der Waals surface area contributed by atoms with Crippen molar-refractivity contribution in [2.45, 2.75) is 12.8 Å². The van der Waals surface area contributed by atoms with Gasteiger partial charge in [-0.25, -0.2) is 0 Å². The molecule has 8 nitrogen and oxygen atoms in total. The molecule has 2 aromatic carbocycles. The number of unbranched alkanes of at least 4 members (excludes halogenated alkanes) is 1. The van der Waals surface area contributed by atoms with Gasteiger partial charge in [0.25, 0.3) is 21.7 Å². The summed E-state index contributed by atoms with van der Waals surface area (Å²) in [4.78, 5) is 44.8. The minimum atomic E-state index is -0.612. The summed E-state index contributed by atoms with van der Waals surface area (Å²) in [5.74, 6) is 0.133. The lowest BCUT2D eigenvalue weighted by Crippen LogP contribution is -2.36. The second-order valence-electron chi connectivity index (χ2n) is 4.69. The third-order valence-corrected chi connectivity index (χ3v) is 3.35. The second kappa shape index (κ2) is 6.42. The molecule has 0 aromatic heterocycles. The van der Waals surface area contributed by atoms with Crippen LogP contribution in [0.3, 0.4) is 0 Å². The van der Waals surface area contributed by atoms with Crippen LogP contribution in [0.2, 0.25) is 0 Å². The Labute approximate surface area is 125 Å². The molecule has 2 aromatic rings. The van der Waals surface area contributed by atoms with Crippen LogP contribution in [0.1, 0.15) is 12.8 Å². The van der Waals surface area contributed by atoms with Gasteiger partial charge in [-0.1, -0.05) is 0 Å². The second-order valence-corrected chi connectivity index (χ2v) is 4.69. The standard InChI is InChI=1S/C14H16N2O6/c1-21-13-7(9(17)11(13)19)15-5-3-4-6-16-8-10(18)12(20)14(8)22-2/h15-16H,3-6H2,1-2H3. The Morgan fingerprint density at radius 3 is 1.36 bits per heavy atom. The maximum Gasteiger partial charge on any atom is 0.271 e. The van der Waals surface area contributed by atoms with Crippen molar-refractivity contribution < 1.29 is 9.47 Å². The molecular weight excluding hydrogens is 292 g/mol. The fourth-order valence-corrected chi connectivity index (χ4v) is 2.13. The van der Waals surface area contributed by atoms with Gasteiger partial charge in [-0.15, -0.1) is 0 Å². The van der Waals surface area contributed by atoms with Crippen LogP contribution in [0, 0.1) is 0 Å². The highest BCUT2D eigenvalue weighted by Crippen LogP contribution is 2.17. The Hall–Kier alpha value is -2.64. The molecule has 0 unspecified atom stereocenters. The Kier molecular flexibility index (Phi) is 4.59. The quantitative estimate of drug-likeness (QED) is 0.457. The van der Waals surface area contributed by atoms with E-state index in [9.17, 15) is 19.2 Å². The summed E-state index contributed by atoms with van der Waals surface area (Å²) in [6.45, 7) is 0.984. The highest BCUT2D eigenvalue weighted by molar-refractivity contribution is 5.62. The van der Waals surface area contributed by atoms with Gasteiger partial charge in [-0.3, -0.25) is 19.2 Å². The summed E-state index contributed by atoms with van der Waals surface area (Å²) >= 11 is 0. The molecule has 2 rings (SSSR count). The summed E-state index contributed by atoms with van der Waals surface area (Å²) in [7, 11) is 2.67. The van der Waals surface area contributed by atoms with Gasteiger partial charge in [0.2, 0.25) is 0 Å². The molecule has 0 heterocycles. The average molecular weight is 308 g/mol. The van der Waals surface area contributed by atoms with Crippen LogP contribution in [0.4, 0.5) is 11.4 Å². The Morgan fingerprint density at radius 2 is 1.05 bits per heavy atom. The maximum atomic E-state index is 11.3. The van der Waals surface area contributed by atoms with Crippen LogP contribution < -0.4 is 41.8 Å². The Morgan fingerprint density at radius 1 is 0.682 bits per heavy atom. The van der Waals surface area contributed by atoms with Gasteiger partial charge in [0.15, 0.2) is 11.5 Å². The number of hydrogen-bond acceptors (Lipinski definition) is 8. The normalized spacial score (nSPS) is 10.8. The zero-order valence-corrected chi connectivity index (χ0v) is 12.3. The van der Waals surface area contributed by atoms with Crippen molar-refractivity contribution in [3.8, 4) is 11.5 Å². The fraction of sp³-hybridized carbons (Fsp3) is 0.429. The highest BCUT2D eigenvalue weighted by atomic mass is 16.5. The first-order chi connectivity index (χ1) is 10.5. The number of rotatable bonds is 9. The number of methoxy groups -OCH3 is 2. The lowest BCUT2D eigenvalue weighted by molar-refractivity contribution is 0.407. The minimum Gasteiger partial charge on any atom is -0.491 e. The molecule has 0 aliphatic rings. The molecule has 0 bridgehead atoms. The van der Waals surface area contributed by atoms with Crippen LogP contribution in [-0.2, 0) is 0 Å². The zero-order valence-electron chi connectivity index (χ0n) is 12.3. The van der Waals surface area contributed by atoms with Crippen molar-refractivity contribution in [3.05, 3.63) is 40.9 Å². The molecule has 0 aliphatic heterocycles. The van der Waals surface area contributed by atoms with Gasteiger partial charge >= 0.3 is 0 Å². The summed E-state index contributed by atoms with van der Waals surface area (Å²) in [5.41, 5.74) is -1.93. The van der Waals surface area contributed by atoms with E-state index >= 15 is 0 Å². The molecular formula is C14H16N2O6. The first kappa shape index (κ1) is 15.7. The summed E-state index contributed by atoms with van der Waals surface area (Å²) in [6, 6.07) is 0. The van der Waals surface area contributed by atoms with Crippen molar-refractivity contribution in [2.24, 2.45) is 0 Å². The average Bonchev–Trinajstić information content (AvgIpc) is 2.54. The third kappa shape index (κ3) is 2.59. The van der Waals surface area contributed by atoms with Gasteiger partial charge in [-0.05, 0) is 12.8 Å². The van der Waals surface area contributed by atoms with E-state index in [1.54, 1.807) is 0 Å². The van der Waals surface area contributed by atoms with Gasteiger partial charge in [0.05, 0.1) is 14.2 Å². The van der Waals surface area contributed by atoms with E-state index < -0.39 is 21.7 Å². The van der Waals surface area contributed by atoms with E-state index in [-0.39, 0.29) is 22.9 Å². The van der Waals surface area contributed by atoms with E-state index in [1.807, 2.05) is 0 Å². The molecule has 0 amide bonds. The maximum absolute atomic E-state index is 11.3. The lowest BCUT2D eigenvalue weighted by atomic mass is 10.2. The smallest absolute Gasteiger partial charge is 0.271 e. The van der Waals surface area contributed by atoms with Gasteiger partial charge in [-0.2, -0.15) is 0 Å². The van der Waals surface area contributed by atoms with Crippen LogP contribution in [0.15, 0.2) is 19.2 Å². The zero-order chi connectivity index (χ0) is 16.3. The van der Waals surface area contributed by atoms with Gasteiger partial charge < -0.3 is 20.1 Å². The van der Waals surface area contributed by atoms with E-state index in [0.717, 1.165) is 0 Å². The van der Waals surface area contributed by atoms with E-state index in [2.05, 4.69) is 10.6 Å². The molecule has 0 saturated heterocycles. The summed E-state index contributed by atoms with van der Waals surface area (Å²) < 4.78 is 9.61. The first-order valence-corrected chi connectivity index (χ1v) is 6.75. The van der Waals surface area contributed by atoms with E-state index in [4.69, 9.17) is 9.47 Å². The molecule has 0 radical (unpaired) electrons. The summed E-state index contributed by atoms with van der Waals surface area (Å²) in [5, 5.41) is 5.70. The number of hydrogen-bond donors (Lipinski definition) is 2. The minimum absolute atomic E-state index is 0.0663. The van der Waals surface area contributed by atoms with E-state index in [1.165, 1.54) is 14.2 Å². The number of ether oxygens (including phenoxy) is 2. The van der Waals surface area contributed by atoms with Crippen molar-refractivity contribution >= 4 is 11.4 Å². The van der Waals surface area contributed by atoms with Crippen molar-refractivity contribution in [2.75, 3.05) is 37.9 Å². The monoisotopic (exact) mass is 308 g/mol. The lowest BCUT2D eigenvalue weighted by Gasteiger charge is -2.13. The van der Waals surface area contributed by atoms with Crippen LogP contribution in [-0.4, -0.2) is 27.3 Å². The largest absolute Gasteiger partial charge is 0.491 e. The Balaban J connectivity index is 1.70. The molecule has 0 saturated carbocycles. The molecule has 0 fully saturated rings. The van der Waals surface area contributed by atoms with Crippen molar-refractivity contribution in [1.29, 1.82) is 0 Å². The molecule has 2 N–H and O–H groups in total. The molecule has 118 valence electrons. The molecule has 0 atom stereocenters. The molecule has 22 heavy (non-hydrogen) atoms. The first-order valence-electron chi connectivity index (χ1n) is 6.75. The topological polar surface area (TPSA) is 111 Å². The fourth-order valence-electron chi connectivity index (χ4n) is 2.13. The number of nitrogens with one attached hydrogen (secondary N) is 2. The van der Waals surface area contributed by atoms with Gasteiger partial charge in [0.1, 0.15) is 11.4 Å². The van der Waals surface area contributed by atoms with Gasteiger partial charge in [0, 0.05) is 13.1 Å². The molecule has 8 heteroatoms. The predicted octanol–water partition coefficient (Wildman–Crippen LogP) is -0.800. The highest BCUT2D eigenvalue weighted by Gasteiger charge is 2.22. The van der Waals surface area contributed by atoms with Crippen LogP contribution >= 0.6 is 0 Å². The number of anilines is 2. The van der Waals surface area contributed by atoms with Crippen molar-refractivity contribution in [3.63, 3.8) is 0 Å². The SMILES string of the molecule is COc1c(NCCCCNc2c(OC)c(=O)c2=O)c(=O)c1=O. The summed E-state index contributed by atoms with van der Waals surface area (Å²) in [6.07, 6.45) is 1.40. The third-order valence-electron chi connectivity index (χ3n) is 3.35. The van der Waals surface area contributed by atoms with Crippen molar-refractivity contribution in [1.82, 2.24) is 0 Å². The Bertz CT molecular complexity index is 739. The molecule has 0 spiro atoms.